The lowest BCUT2D eigenvalue weighted by molar-refractivity contribution is 0.414. The highest BCUT2D eigenvalue weighted by Gasteiger charge is 2.22. The summed E-state index contributed by atoms with van der Waals surface area (Å²) in [5, 5.41) is 4.40. The Morgan fingerprint density at radius 1 is 1.16 bits per heavy atom. The monoisotopic (exact) mass is 359 g/mol. The second-order valence-corrected chi connectivity index (χ2v) is 7.51. The smallest absolute Gasteiger partial charge is 0.240 e. The van der Waals surface area contributed by atoms with Gasteiger partial charge in [0.1, 0.15) is 5.75 Å². The number of benzene rings is 2. The van der Waals surface area contributed by atoms with Crippen molar-refractivity contribution in [2.24, 2.45) is 5.10 Å². The van der Waals surface area contributed by atoms with Crippen LogP contribution in [0.5, 0.6) is 5.75 Å². The van der Waals surface area contributed by atoms with Gasteiger partial charge in [0, 0.05) is 13.0 Å². The predicted octanol–water partition coefficient (Wildman–Crippen LogP) is 2.43. The molecule has 1 aliphatic heterocycles. The Kier molecular flexibility index (Phi) is 5.06. The summed E-state index contributed by atoms with van der Waals surface area (Å²) in [6.45, 7) is 2.12. The topological polar surface area (TPSA) is 79.8 Å². The first-order valence-electron chi connectivity index (χ1n) is 8.09. The molecule has 2 aromatic rings. The normalized spacial score (nSPS) is 17.0. The van der Waals surface area contributed by atoms with E-state index in [9.17, 15) is 8.42 Å². The quantitative estimate of drug-likeness (QED) is 0.830. The molecule has 3 rings (SSSR count). The number of nitrogens with zero attached hydrogens (tertiary/aromatic N) is 1. The summed E-state index contributed by atoms with van der Waals surface area (Å²) in [6, 6.07) is 14.8. The Morgan fingerprint density at radius 2 is 1.84 bits per heavy atom. The molecule has 0 aliphatic carbocycles. The summed E-state index contributed by atoms with van der Waals surface area (Å²) in [7, 11) is -1.79. The van der Waals surface area contributed by atoms with Crippen LogP contribution in [0, 0.1) is 0 Å². The van der Waals surface area contributed by atoms with E-state index in [1.54, 1.807) is 38.3 Å². The van der Waals surface area contributed by atoms with Crippen LogP contribution in [-0.2, 0) is 10.0 Å². The fraction of sp³-hybridized carbons (Fsp3) is 0.278. The summed E-state index contributed by atoms with van der Waals surface area (Å²) < 4.78 is 31.6. The Balaban J connectivity index is 1.71. The van der Waals surface area contributed by atoms with Gasteiger partial charge in [-0.25, -0.2) is 13.1 Å². The van der Waals surface area contributed by atoms with Crippen LogP contribution in [0.3, 0.4) is 0 Å². The lowest BCUT2D eigenvalue weighted by atomic mass is 9.99. The molecule has 1 atom stereocenters. The van der Waals surface area contributed by atoms with Gasteiger partial charge in [0.15, 0.2) is 0 Å². The standard InChI is InChI=1S/C18H21N3O3S/c1-3-19-25(22,23)16-10-6-14(7-11-16)18-12-17(20-21-18)13-4-8-15(24-2)9-5-13/h4-11,17,19-20H,3,12H2,1-2H3. The lowest BCUT2D eigenvalue weighted by Crippen LogP contribution is -2.23. The van der Waals surface area contributed by atoms with Gasteiger partial charge in [-0.1, -0.05) is 31.2 Å². The van der Waals surface area contributed by atoms with Gasteiger partial charge < -0.3 is 10.2 Å². The minimum atomic E-state index is -3.43. The zero-order chi connectivity index (χ0) is 17.9. The SMILES string of the molecule is CCNS(=O)(=O)c1ccc(C2=NNC(c3ccc(OC)cc3)C2)cc1. The van der Waals surface area contributed by atoms with Gasteiger partial charge in [-0.2, -0.15) is 5.10 Å². The fourth-order valence-electron chi connectivity index (χ4n) is 2.75. The van der Waals surface area contributed by atoms with Crippen LogP contribution in [0.15, 0.2) is 58.5 Å². The van der Waals surface area contributed by atoms with Crippen LogP contribution in [0.1, 0.15) is 30.5 Å². The number of nitrogens with one attached hydrogen (secondary N) is 2. The van der Waals surface area contributed by atoms with Crippen LogP contribution >= 0.6 is 0 Å². The van der Waals surface area contributed by atoms with Crippen LogP contribution in [0.4, 0.5) is 0 Å². The molecule has 7 heteroatoms. The van der Waals surface area contributed by atoms with Crippen molar-refractivity contribution in [2.75, 3.05) is 13.7 Å². The molecule has 25 heavy (non-hydrogen) atoms. The van der Waals surface area contributed by atoms with Crippen molar-refractivity contribution in [1.82, 2.24) is 10.1 Å². The lowest BCUT2D eigenvalue weighted by Gasteiger charge is -2.11. The largest absolute Gasteiger partial charge is 0.497 e. The molecule has 0 amide bonds. The van der Waals surface area contributed by atoms with Crippen LogP contribution in [-0.4, -0.2) is 27.8 Å². The van der Waals surface area contributed by atoms with Gasteiger partial charge in [-0.15, -0.1) is 0 Å². The van der Waals surface area contributed by atoms with E-state index in [4.69, 9.17) is 4.74 Å². The van der Waals surface area contributed by atoms with Gasteiger partial charge in [0.25, 0.3) is 0 Å². The first-order valence-corrected chi connectivity index (χ1v) is 9.58. The summed E-state index contributed by atoms with van der Waals surface area (Å²) in [4.78, 5) is 0.261. The molecule has 0 aromatic heterocycles. The summed E-state index contributed by atoms with van der Waals surface area (Å²) in [5.41, 5.74) is 6.10. The molecule has 2 N–H and O–H groups in total. The van der Waals surface area contributed by atoms with Crippen molar-refractivity contribution in [2.45, 2.75) is 24.3 Å². The van der Waals surface area contributed by atoms with Gasteiger partial charge in [-0.05, 0) is 35.4 Å². The average molecular weight is 359 g/mol. The van der Waals surface area contributed by atoms with Gasteiger partial charge >= 0.3 is 0 Å². The van der Waals surface area contributed by atoms with E-state index in [1.807, 2.05) is 24.3 Å². The Bertz CT molecular complexity index is 859. The van der Waals surface area contributed by atoms with E-state index < -0.39 is 10.0 Å². The molecule has 6 nitrogen and oxygen atoms in total. The molecule has 0 radical (unpaired) electrons. The molecule has 1 aliphatic rings. The fourth-order valence-corrected chi connectivity index (χ4v) is 3.79. The minimum Gasteiger partial charge on any atom is -0.497 e. The van der Waals surface area contributed by atoms with Crippen molar-refractivity contribution in [3.63, 3.8) is 0 Å². The van der Waals surface area contributed by atoms with E-state index >= 15 is 0 Å². The molecule has 1 heterocycles. The van der Waals surface area contributed by atoms with Gasteiger partial charge in [0.05, 0.1) is 23.8 Å². The third-order valence-corrected chi connectivity index (χ3v) is 5.66. The molecule has 0 spiro atoms. The third kappa shape index (κ3) is 3.83. The summed E-state index contributed by atoms with van der Waals surface area (Å²) in [6.07, 6.45) is 0.742. The van der Waals surface area contributed by atoms with Crippen molar-refractivity contribution in [3.05, 3.63) is 59.7 Å². The maximum absolute atomic E-state index is 12.0. The second kappa shape index (κ2) is 7.25. The number of hydrogen-bond acceptors (Lipinski definition) is 5. The highest BCUT2D eigenvalue weighted by molar-refractivity contribution is 7.89. The van der Waals surface area contributed by atoms with Crippen LogP contribution in [0.25, 0.3) is 0 Å². The second-order valence-electron chi connectivity index (χ2n) is 5.74. The van der Waals surface area contributed by atoms with E-state index in [-0.39, 0.29) is 10.9 Å². The molecule has 132 valence electrons. The average Bonchev–Trinajstić information content (AvgIpc) is 3.12. The molecule has 2 aromatic carbocycles. The van der Waals surface area contributed by atoms with Gasteiger partial charge in [0.2, 0.25) is 10.0 Å². The van der Waals surface area contributed by atoms with E-state index in [2.05, 4.69) is 15.2 Å². The maximum Gasteiger partial charge on any atom is 0.240 e. The number of hydrogen-bond donors (Lipinski definition) is 2. The summed E-state index contributed by atoms with van der Waals surface area (Å²) in [5.74, 6) is 0.820. The summed E-state index contributed by atoms with van der Waals surface area (Å²) >= 11 is 0. The molecule has 1 unspecified atom stereocenters. The molecule has 0 saturated carbocycles. The number of hydrazone groups is 1. The zero-order valence-corrected chi connectivity index (χ0v) is 15.0. The van der Waals surface area contributed by atoms with Gasteiger partial charge in [-0.3, -0.25) is 0 Å². The Hall–Kier alpha value is -2.38. The van der Waals surface area contributed by atoms with Crippen LogP contribution < -0.4 is 14.9 Å². The number of ether oxygens (including phenoxy) is 1. The van der Waals surface area contributed by atoms with Crippen LogP contribution in [0.2, 0.25) is 0 Å². The third-order valence-electron chi connectivity index (χ3n) is 4.10. The van der Waals surface area contributed by atoms with Crippen molar-refractivity contribution >= 4 is 15.7 Å². The van der Waals surface area contributed by atoms with Crippen molar-refractivity contribution < 1.29 is 13.2 Å². The first-order chi connectivity index (χ1) is 12.0. The highest BCUT2D eigenvalue weighted by Crippen LogP contribution is 2.26. The maximum atomic E-state index is 12.0. The molecule has 0 bridgehead atoms. The minimum absolute atomic E-state index is 0.103. The zero-order valence-electron chi connectivity index (χ0n) is 14.2. The highest BCUT2D eigenvalue weighted by atomic mass is 32.2. The number of methoxy groups -OCH3 is 1. The number of sulfonamides is 1. The molecular weight excluding hydrogens is 338 g/mol. The molecular formula is C18H21N3O3S. The van der Waals surface area contributed by atoms with E-state index in [0.717, 1.165) is 29.0 Å². The number of rotatable bonds is 6. The van der Waals surface area contributed by atoms with Crippen molar-refractivity contribution in [3.8, 4) is 5.75 Å². The molecule has 0 fully saturated rings. The first kappa shape index (κ1) is 17.4. The van der Waals surface area contributed by atoms with Crippen molar-refractivity contribution in [1.29, 1.82) is 0 Å². The Morgan fingerprint density at radius 3 is 2.44 bits per heavy atom. The van der Waals surface area contributed by atoms with E-state index in [0.29, 0.717) is 6.54 Å². The Labute approximate surface area is 148 Å². The predicted molar refractivity (Wildman–Crippen MR) is 97.3 cm³/mol. The van der Waals surface area contributed by atoms with E-state index in [1.165, 1.54) is 0 Å². The molecule has 0 saturated heterocycles.